The van der Waals surface area contributed by atoms with E-state index in [0.29, 0.717) is 63.9 Å². The van der Waals surface area contributed by atoms with Crippen molar-refractivity contribution in [1.29, 1.82) is 0 Å². The average molecular weight is 637 g/mol. The molecule has 12 heteroatoms. The van der Waals surface area contributed by atoms with Gasteiger partial charge in [0.05, 0.1) is 24.4 Å². The summed E-state index contributed by atoms with van der Waals surface area (Å²) in [6.07, 6.45) is 4.38. The molecule has 2 aromatic heterocycles. The molecule has 0 spiro atoms. The summed E-state index contributed by atoms with van der Waals surface area (Å²) in [5, 5.41) is 21.5. The smallest absolute Gasteiger partial charge is 0.220 e. The number of ether oxygens (including phenoxy) is 1. The van der Waals surface area contributed by atoms with Gasteiger partial charge >= 0.3 is 0 Å². The number of hydrogen-bond donors (Lipinski definition) is 5. The van der Waals surface area contributed by atoms with Crippen molar-refractivity contribution in [1.82, 2.24) is 25.9 Å². The van der Waals surface area contributed by atoms with Crippen LogP contribution in [0.15, 0.2) is 54.9 Å². The number of aliphatic hydroxyl groups is 1. The summed E-state index contributed by atoms with van der Waals surface area (Å²) in [7, 11) is 1.48. The second-order valence-electron chi connectivity index (χ2n) is 10.7. The molecule has 1 aliphatic rings. The number of methoxy groups -OCH3 is 1. The van der Waals surface area contributed by atoms with Gasteiger partial charge in [-0.05, 0) is 54.8 Å². The zero-order valence-corrected chi connectivity index (χ0v) is 25.8. The predicted octanol–water partition coefficient (Wildman–Crippen LogP) is 5.25. The number of hydrogen-bond acceptors (Lipinski definition) is 8. The lowest BCUT2D eigenvalue weighted by Gasteiger charge is -2.17. The van der Waals surface area contributed by atoms with E-state index < -0.39 is 11.6 Å². The molecule has 2 aromatic carbocycles. The highest BCUT2D eigenvalue weighted by atomic mass is 35.5. The molecule has 0 saturated carbocycles. The Balaban J connectivity index is 1.40. The van der Waals surface area contributed by atoms with Gasteiger partial charge in [-0.15, -0.1) is 0 Å². The van der Waals surface area contributed by atoms with Gasteiger partial charge in [0, 0.05) is 79.0 Å². The number of nitrogens with zero attached hydrogens (tertiary/aromatic N) is 2. The second-order valence-corrected chi connectivity index (χ2v) is 11.1. The number of carbonyl (C=O) groups excluding carboxylic acids is 1. The van der Waals surface area contributed by atoms with Gasteiger partial charge in [-0.3, -0.25) is 9.78 Å². The predicted molar refractivity (Wildman–Crippen MR) is 171 cm³/mol. The summed E-state index contributed by atoms with van der Waals surface area (Å²) in [4.78, 5) is 20.1. The van der Waals surface area contributed by atoms with Crippen LogP contribution in [0, 0.1) is 18.6 Å². The largest absolute Gasteiger partial charge is 0.496 e. The molecule has 4 aromatic rings. The van der Waals surface area contributed by atoms with Crippen LogP contribution in [0.4, 0.5) is 20.3 Å². The van der Waals surface area contributed by atoms with E-state index in [-0.39, 0.29) is 37.5 Å². The molecule has 0 radical (unpaired) electrons. The number of halogens is 3. The Bertz CT molecular complexity index is 1690. The molecule has 236 valence electrons. The van der Waals surface area contributed by atoms with E-state index in [9.17, 15) is 4.79 Å². The molecule has 9 nitrogen and oxygen atoms in total. The number of rotatable bonds is 13. The van der Waals surface area contributed by atoms with E-state index in [4.69, 9.17) is 21.4 Å². The summed E-state index contributed by atoms with van der Waals surface area (Å²) in [6, 6.07) is 12.0. The minimum absolute atomic E-state index is 0.0221. The maximum Gasteiger partial charge on any atom is 0.220 e. The van der Waals surface area contributed by atoms with Crippen LogP contribution in [0.3, 0.4) is 0 Å². The van der Waals surface area contributed by atoms with Crippen molar-refractivity contribution in [3.05, 3.63) is 88.2 Å². The molecule has 0 bridgehead atoms. The van der Waals surface area contributed by atoms with Crippen molar-refractivity contribution < 1.29 is 23.4 Å². The Morgan fingerprint density at radius 3 is 2.67 bits per heavy atom. The van der Waals surface area contributed by atoms with Crippen molar-refractivity contribution in [2.75, 3.05) is 32.1 Å². The highest BCUT2D eigenvalue weighted by molar-refractivity contribution is 6.35. The first-order chi connectivity index (χ1) is 21.8. The minimum atomic E-state index is -0.489. The van der Waals surface area contributed by atoms with Crippen LogP contribution in [-0.4, -0.2) is 53.8 Å². The number of aliphatic hydroxyl groups excluding tert-OH is 1. The standard InChI is InChI=1S/C33H35ClF2N6O3/c1-19-23(4-3-5-27(19)42-33-31(36)20(8-10-40-33)16-37-12-13-43)24-9-11-39-32(30(24)34)21-14-26(35)25(28(15-21)45-2)18-38-17-22-6-7-29(44)41-22/h3-5,8-11,14-15,22,37-38,43H,6-7,12-13,16-18H2,1-2H3,(H,40,42)(H,41,44). The van der Waals surface area contributed by atoms with Crippen LogP contribution in [0.25, 0.3) is 22.4 Å². The fourth-order valence-electron chi connectivity index (χ4n) is 5.36. The van der Waals surface area contributed by atoms with Crippen molar-refractivity contribution in [3.8, 4) is 28.1 Å². The monoisotopic (exact) mass is 636 g/mol. The Hall–Kier alpha value is -4.16. The van der Waals surface area contributed by atoms with E-state index in [2.05, 4.69) is 31.2 Å². The highest BCUT2D eigenvalue weighted by Crippen LogP contribution is 2.40. The molecule has 3 heterocycles. The van der Waals surface area contributed by atoms with Gasteiger partial charge in [0.15, 0.2) is 11.6 Å². The molecule has 1 unspecified atom stereocenters. The van der Waals surface area contributed by atoms with Crippen LogP contribution in [-0.2, 0) is 17.9 Å². The number of anilines is 2. The van der Waals surface area contributed by atoms with E-state index in [1.54, 1.807) is 24.4 Å². The fourth-order valence-corrected chi connectivity index (χ4v) is 5.68. The number of benzene rings is 2. The van der Waals surface area contributed by atoms with Gasteiger partial charge in [-0.25, -0.2) is 13.8 Å². The average Bonchev–Trinajstić information content (AvgIpc) is 3.45. The third-order valence-electron chi connectivity index (χ3n) is 7.76. The van der Waals surface area contributed by atoms with Crippen molar-refractivity contribution >= 4 is 29.0 Å². The second kappa shape index (κ2) is 14.7. The van der Waals surface area contributed by atoms with Gasteiger partial charge in [-0.1, -0.05) is 23.7 Å². The topological polar surface area (TPSA) is 120 Å². The Labute approximate surface area is 265 Å². The lowest BCUT2D eigenvalue weighted by atomic mass is 9.97. The summed E-state index contributed by atoms with van der Waals surface area (Å²) < 4.78 is 36.2. The zero-order chi connectivity index (χ0) is 31.9. The number of amides is 1. The van der Waals surface area contributed by atoms with Crippen LogP contribution >= 0.6 is 11.6 Å². The summed E-state index contributed by atoms with van der Waals surface area (Å²) in [5.41, 5.74) is 4.50. The molecule has 1 amide bonds. The molecule has 5 N–H and O–H groups in total. The first kappa shape index (κ1) is 32.2. The van der Waals surface area contributed by atoms with Crippen LogP contribution in [0.1, 0.15) is 29.5 Å². The first-order valence-corrected chi connectivity index (χ1v) is 15.0. The van der Waals surface area contributed by atoms with E-state index in [1.807, 2.05) is 25.1 Å². The summed E-state index contributed by atoms with van der Waals surface area (Å²) >= 11 is 6.93. The molecular formula is C33H35ClF2N6O3. The third kappa shape index (κ3) is 7.39. The molecule has 1 saturated heterocycles. The lowest BCUT2D eigenvalue weighted by Crippen LogP contribution is -2.35. The van der Waals surface area contributed by atoms with Crippen molar-refractivity contribution in [3.63, 3.8) is 0 Å². The Morgan fingerprint density at radius 2 is 1.91 bits per heavy atom. The number of aromatic nitrogens is 2. The van der Waals surface area contributed by atoms with Gasteiger partial charge < -0.3 is 31.1 Å². The maximum atomic E-state index is 15.5. The maximum absolute atomic E-state index is 15.5. The van der Waals surface area contributed by atoms with Crippen LogP contribution < -0.4 is 26.0 Å². The molecule has 0 aliphatic carbocycles. The van der Waals surface area contributed by atoms with E-state index in [1.165, 1.54) is 19.4 Å². The quantitative estimate of drug-likeness (QED) is 0.126. The molecule has 1 atom stereocenters. The first-order valence-electron chi connectivity index (χ1n) is 14.6. The van der Waals surface area contributed by atoms with Crippen molar-refractivity contribution in [2.24, 2.45) is 0 Å². The third-order valence-corrected chi connectivity index (χ3v) is 8.15. The van der Waals surface area contributed by atoms with E-state index >= 15 is 8.78 Å². The van der Waals surface area contributed by atoms with Crippen LogP contribution in [0.2, 0.25) is 5.02 Å². The number of pyridine rings is 2. The fraction of sp³-hybridized carbons (Fsp3) is 0.303. The van der Waals surface area contributed by atoms with Gasteiger partial charge in [0.25, 0.3) is 0 Å². The molecule has 5 rings (SSSR count). The minimum Gasteiger partial charge on any atom is -0.496 e. The lowest BCUT2D eigenvalue weighted by molar-refractivity contribution is -0.119. The number of carbonyl (C=O) groups is 1. The van der Waals surface area contributed by atoms with Crippen molar-refractivity contribution in [2.45, 2.75) is 38.9 Å². The SMILES string of the molecule is COc1cc(-c2nccc(-c3cccc(Nc4nccc(CNCCO)c4F)c3C)c2Cl)cc(F)c1CNCC1CCC(=O)N1. The summed E-state index contributed by atoms with van der Waals surface area (Å²) in [6.45, 7) is 3.19. The Kier molecular flexibility index (Phi) is 10.6. The molecule has 45 heavy (non-hydrogen) atoms. The van der Waals surface area contributed by atoms with Gasteiger partial charge in [0.1, 0.15) is 11.6 Å². The van der Waals surface area contributed by atoms with Gasteiger partial charge in [-0.2, -0.15) is 0 Å². The molecular weight excluding hydrogens is 602 g/mol. The zero-order valence-electron chi connectivity index (χ0n) is 25.0. The highest BCUT2D eigenvalue weighted by Gasteiger charge is 2.22. The molecule has 1 aliphatic heterocycles. The van der Waals surface area contributed by atoms with Crippen LogP contribution in [0.5, 0.6) is 5.75 Å². The number of nitrogens with one attached hydrogen (secondary N) is 4. The van der Waals surface area contributed by atoms with Gasteiger partial charge in [0.2, 0.25) is 5.91 Å². The van der Waals surface area contributed by atoms with E-state index in [0.717, 1.165) is 17.5 Å². The Morgan fingerprint density at radius 1 is 1.09 bits per heavy atom. The summed E-state index contributed by atoms with van der Waals surface area (Å²) in [5.74, 6) is -0.510. The molecule has 1 fully saturated rings. The normalized spacial score (nSPS) is 14.4.